The fraction of sp³-hybridized carbons (Fsp3) is 0.700. The Labute approximate surface area is 73.6 Å². The van der Waals surface area contributed by atoms with Crippen LogP contribution in [0, 0.1) is 17.3 Å². The SMILES string of the molecule is C=CC1C(COC(C)=O)C1(C)C. The summed E-state index contributed by atoms with van der Waals surface area (Å²) in [4.78, 5) is 10.5. The first-order valence-corrected chi connectivity index (χ1v) is 4.26. The first-order chi connectivity index (χ1) is 5.50. The molecule has 12 heavy (non-hydrogen) atoms. The van der Waals surface area contributed by atoms with Gasteiger partial charge in [0.1, 0.15) is 0 Å². The zero-order valence-electron chi connectivity index (χ0n) is 7.96. The summed E-state index contributed by atoms with van der Waals surface area (Å²) >= 11 is 0. The first-order valence-electron chi connectivity index (χ1n) is 4.26. The fourth-order valence-corrected chi connectivity index (χ4v) is 1.78. The Kier molecular flexibility index (Phi) is 2.27. The van der Waals surface area contributed by atoms with Gasteiger partial charge in [0, 0.05) is 12.8 Å². The predicted molar refractivity (Wildman–Crippen MR) is 47.6 cm³/mol. The van der Waals surface area contributed by atoms with Gasteiger partial charge in [-0.2, -0.15) is 0 Å². The van der Waals surface area contributed by atoms with E-state index < -0.39 is 0 Å². The molecule has 0 bridgehead atoms. The van der Waals surface area contributed by atoms with Crippen LogP contribution in [0.1, 0.15) is 20.8 Å². The second-order valence-corrected chi connectivity index (χ2v) is 3.99. The molecule has 0 amide bonds. The van der Waals surface area contributed by atoms with Crippen LogP contribution in [0.4, 0.5) is 0 Å². The monoisotopic (exact) mass is 168 g/mol. The highest BCUT2D eigenvalue weighted by Gasteiger charge is 2.56. The van der Waals surface area contributed by atoms with Crippen molar-refractivity contribution >= 4 is 5.97 Å². The highest BCUT2D eigenvalue weighted by Crippen LogP contribution is 2.58. The molecule has 2 atom stereocenters. The van der Waals surface area contributed by atoms with Crippen molar-refractivity contribution in [3.8, 4) is 0 Å². The molecule has 2 nitrogen and oxygen atoms in total. The molecule has 0 aromatic carbocycles. The molecule has 0 saturated heterocycles. The van der Waals surface area contributed by atoms with Crippen LogP contribution in [0.15, 0.2) is 12.7 Å². The summed E-state index contributed by atoms with van der Waals surface area (Å²) in [7, 11) is 0. The molecule has 0 heterocycles. The molecule has 2 heteroatoms. The summed E-state index contributed by atoms with van der Waals surface area (Å²) in [6.07, 6.45) is 1.95. The number of carbonyl (C=O) groups excluding carboxylic acids is 1. The van der Waals surface area contributed by atoms with Crippen LogP contribution in [0.5, 0.6) is 0 Å². The number of allylic oxidation sites excluding steroid dienone is 1. The third-order valence-electron chi connectivity index (χ3n) is 2.86. The smallest absolute Gasteiger partial charge is 0.302 e. The van der Waals surface area contributed by atoms with Crippen LogP contribution in [0.2, 0.25) is 0 Å². The van der Waals surface area contributed by atoms with Gasteiger partial charge >= 0.3 is 5.97 Å². The minimum Gasteiger partial charge on any atom is -0.466 e. The molecule has 0 aromatic heterocycles. The van der Waals surface area contributed by atoms with Crippen molar-refractivity contribution in [1.82, 2.24) is 0 Å². The predicted octanol–water partition coefficient (Wildman–Crippen LogP) is 2.01. The maximum absolute atomic E-state index is 10.5. The standard InChI is InChI=1S/C10H16O2/c1-5-8-9(10(8,3)4)6-12-7(2)11/h5,8-9H,1,6H2,2-4H3. The molecule has 0 N–H and O–H groups in total. The maximum atomic E-state index is 10.5. The van der Waals surface area contributed by atoms with Crippen molar-refractivity contribution in [2.75, 3.05) is 6.61 Å². The molecule has 1 fully saturated rings. The van der Waals surface area contributed by atoms with Crippen molar-refractivity contribution in [2.45, 2.75) is 20.8 Å². The molecule has 1 aliphatic carbocycles. The summed E-state index contributed by atoms with van der Waals surface area (Å²) in [6, 6.07) is 0. The third-order valence-corrected chi connectivity index (χ3v) is 2.86. The quantitative estimate of drug-likeness (QED) is 0.476. The number of hydrogen-bond donors (Lipinski definition) is 0. The van der Waals surface area contributed by atoms with E-state index in [4.69, 9.17) is 4.74 Å². The molecule has 68 valence electrons. The number of hydrogen-bond acceptors (Lipinski definition) is 2. The minimum absolute atomic E-state index is 0.194. The van der Waals surface area contributed by atoms with Crippen molar-refractivity contribution in [3.63, 3.8) is 0 Å². The van der Waals surface area contributed by atoms with Crippen molar-refractivity contribution in [2.24, 2.45) is 17.3 Å². The van der Waals surface area contributed by atoms with Gasteiger partial charge in [-0.15, -0.1) is 6.58 Å². The van der Waals surface area contributed by atoms with E-state index in [9.17, 15) is 4.79 Å². The molecule has 0 radical (unpaired) electrons. The van der Waals surface area contributed by atoms with Gasteiger partial charge in [-0.25, -0.2) is 0 Å². The molecule has 1 rings (SSSR count). The largest absolute Gasteiger partial charge is 0.466 e. The van der Waals surface area contributed by atoms with Crippen LogP contribution < -0.4 is 0 Å². The van der Waals surface area contributed by atoms with Crippen molar-refractivity contribution < 1.29 is 9.53 Å². The van der Waals surface area contributed by atoms with E-state index in [-0.39, 0.29) is 11.4 Å². The highest BCUT2D eigenvalue weighted by molar-refractivity contribution is 5.65. The summed E-state index contributed by atoms with van der Waals surface area (Å²) < 4.78 is 4.95. The van der Waals surface area contributed by atoms with Crippen LogP contribution in [-0.2, 0) is 9.53 Å². The third kappa shape index (κ3) is 1.52. The Morgan fingerprint density at radius 3 is 2.58 bits per heavy atom. The minimum atomic E-state index is -0.194. The lowest BCUT2D eigenvalue weighted by Crippen LogP contribution is -2.05. The average Bonchev–Trinajstić information content (AvgIpc) is 2.48. The summed E-state index contributed by atoms with van der Waals surface area (Å²) in [5.41, 5.74) is 0.275. The van der Waals surface area contributed by atoms with Crippen molar-refractivity contribution in [1.29, 1.82) is 0 Å². The molecule has 0 spiro atoms. The van der Waals surface area contributed by atoms with Gasteiger partial charge in [0.25, 0.3) is 0 Å². The topological polar surface area (TPSA) is 26.3 Å². The van der Waals surface area contributed by atoms with E-state index >= 15 is 0 Å². The van der Waals surface area contributed by atoms with E-state index in [1.54, 1.807) is 0 Å². The number of rotatable bonds is 3. The highest BCUT2D eigenvalue weighted by atomic mass is 16.5. The summed E-state index contributed by atoms with van der Waals surface area (Å²) in [6.45, 7) is 10.1. The molecule has 1 saturated carbocycles. The summed E-state index contributed by atoms with van der Waals surface area (Å²) in [5, 5.41) is 0. The zero-order valence-corrected chi connectivity index (χ0v) is 7.96. The Hall–Kier alpha value is -0.790. The molecular formula is C10H16O2. The van der Waals surface area contributed by atoms with E-state index in [2.05, 4.69) is 20.4 Å². The Balaban J connectivity index is 2.37. The maximum Gasteiger partial charge on any atom is 0.302 e. The lowest BCUT2D eigenvalue weighted by atomic mass is 10.1. The normalized spacial score (nSPS) is 30.9. The second kappa shape index (κ2) is 2.92. The van der Waals surface area contributed by atoms with Crippen LogP contribution >= 0.6 is 0 Å². The van der Waals surface area contributed by atoms with Crippen LogP contribution in [0.25, 0.3) is 0 Å². The number of ether oxygens (including phenoxy) is 1. The fourth-order valence-electron chi connectivity index (χ4n) is 1.78. The Morgan fingerprint density at radius 1 is 1.67 bits per heavy atom. The Bertz CT molecular complexity index is 206. The first kappa shape index (κ1) is 9.30. The van der Waals surface area contributed by atoms with E-state index in [0.29, 0.717) is 18.4 Å². The lowest BCUT2D eigenvalue weighted by molar-refractivity contribution is -0.141. The molecule has 1 aliphatic rings. The van der Waals surface area contributed by atoms with Crippen molar-refractivity contribution in [3.05, 3.63) is 12.7 Å². The molecule has 0 aromatic rings. The molecule has 0 aliphatic heterocycles. The number of carbonyl (C=O) groups is 1. The van der Waals surface area contributed by atoms with Gasteiger partial charge in [-0.05, 0) is 11.3 Å². The van der Waals surface area contributed by atoms with Gasteiger partial charge < -0.3 is 4.74 Å². The van der Waals surface area contributed by atoms with Crippen LogP contribution in [-0.4, -0.2) is 12.6 Å². The zero-order chi connectivity index (χ0) is 9.35. The lowest BCUT2D eigenvalue weighted by Gasteiger charge is -2.02. The second-order valence-electron chi connectivity index (χ2n) is 3.99. The van der Waals surface area contributed by atoms with E-state index in [1.807, 2.05) is 6.08 Å². The van der Waals surface area contributed by atoms with Crippen LogP contribution in [0.3, 0.4) is 0 Å². The number of esters is 1. The van der Waals surface area contributed by atoms with Gasteiger partial charge in [-0.3, -0.25) is 4.79 Å². The summed E-state index contributed by atoms with van der Waals surface area (Å²) in [5.74, 6) is 0.788. The van der Waals surface area contributed by atoms with E-state index in [0.717, 1.165) is 0 Å². The van der Waals surface area contributed by atoms with E-state index in [1.165, 1.54) is 6.92 Å². The van der Waals surface area contributed by atoms with Gasteiger partial charge in [-0.1, -0.05) is 19.9 Å². The Morgan fingerprint density at radius 2 is 2.25 bits per heavy atom. The molecular weight excluding hydrogens is 152 g/mol. The van der Waals surface area contributed by atoms with Gasteiger partial charge in [0.05, 0.1) is 6.61 Å². The van der Waals surface area contributed by atoms with Gasteiger partial charge in [0.15, 0.2) is 0 Å². The average molecular weight is 168 g/mol. The van der Waals surface area contributed by atoms with Gasteiger partial charge in [0.2, 0.25) is 0 Å². The molecule has 2 unspecified atom stereocenters.